The molecule has 1 fully saturated rings. The second-order valence-electron chi connectivity index (χ2n) is 6.83. The SMILES string of the molecule is O=C(Nc1cc(F)cc(F)c1)c1ccc(N2C(=O)C3CC=CCC3C2=O)cc1. The molecule has 0 bridgehead atoms. The molecule has 1 aliphatic carbocycles. The molecule has 0 spiro atoms. The molecule has 4 rings (SSSR count). The van der Waals surface area contributed by atoms with Crippen molar-refractivity contribution in [2.75, 3.05) is 10.2 Å². The van der Waals surface area contributed by atoms with Gasteiger partial charge in [0.25, 0.3) is 5.91 Å². The topological polar surface area (TPSA) is 66.5 Å². The van der Waals surface area contributed by atoms with Gasteiger partial charge in [-0.25, -0.2) is 8.78 Å². The van der Waals surface area contributed by atoms with Crippen LogP contribution in [0.25, 0.3) is 0 Å². The van der Waals surface area contributed by atoms with E-state index in [1.54, 1.807) is 0 Å². The second kappa shape index (κ2) is 6.99. The van der Waals surface area contributed by atoms with E-state index in [1.807, 2.05) is 12.2 Å². The van der Waals surface area contributed by atoms with Crippen molar-refractivity contribution in [1.29, 1.82) is 0 Å². The minimum atomic E-state index is -0.798. The molecule has 0 saturated carbocycles. The maximum Gasteiger partial charge on any atom is 0.255 e. The number of halogens is 2. The normalized spacial score (nSPS) is 21.0. The van der Waals surface area contributed by atoms with Crippen LogP contribution in [0.5, 0.6) is 0 Å². The summed E-state index contributed by atoms with van der Waals surface area (Å²) in [4.78, 5) is 38.7. The number of nitrogens with zero attached hydrogens (tertiary/aromatic N) is 1. The zero-order chi connectivity index (χ0) is 19.8. The van der Waals surface area contributed by atoms with E-state index in [4.69, 9.17) is 0 Å². The fourth-order valence-electron chi connectivity index (χ4n) is 3.65. The standard InChI is InChI=1S/C21H16F2N2O3/c22-13-9-14(23)11-15(10-13)24-19(26)12-5-7-16(8-6-12)25-20(27)17-3-1-2-4-18(17)21(25)28/h1-2,5-11,17-18H,3-4H2,(H,24,26). The summed E-state index contributed by atoms with van der Waals surface area (Å²) in [6.45, 7) is 0. The Labute approximate surface area is 159 Å². The highest BCUT2D eigenvalue weighted by atomic mass is 19.1. The summed E-state index contributed by atoms with van der Waals surface area (Å²) in [5.74, 6) is -3.28. The number of fused-ring (bicyclic) bond motifs is 1. The largest absolute Gasteiger partial charge is 0.322 e. The summed E-state index contributed by atoms with van der Waals surface area (Å²) >= 11 is 0. The Bertz CT molecular complexity index is 955. The molecule has 2 aliphatic rings. The van der Waals surface area contributed by atoms with Gasteiger partial charge in [-0.1, -0.05) is 12.2 Å². The summed E-state index contributed by atoms with van der Waals surface area (Å²) in [6.07, 6.45) is 4.93. The summed E-state index contributed by atoms with van der Waals surface area (Å²) in [6, 6.07) is 8.67. The highest BCUT2D eigenvalue weighted by molar-refractivity contribution is 6.22. The Balaban J connectivity index is 1.52. The molecular weight excluding hydrogens is 366 g/mol. The van der Waals surface area contributed by atoms with Crippen LogP contribution in [-0.2, 0) is 9.59 Å². The van der Waals surface area contributed by atoms with Crippen LogP contribution in [0.2, 0.25) is 0 Å². The molecule has 28 heavy (non-hydrogen) atoms. The van der Waals surface area contributed by atoms with Crippen molar-refractivity contribution in [2.24, 2.45) is 11.8 Å². The fourth-order valence-corrected chi connectivity index (χ4v) is 3.65. The van der Waals surface area contributed by atoms with Crippen molar-refractivity contribution >= 4 is 29.1 Å². The van der Waals surface area contributed by atoms with E-state index in [-0.39, 0.29) is 34.9 Å². The third kappa shape index (κ3) is 3.19. The number of anilines is 2. The fraction of sp³-hybridized carbons (Fsp3) is 0.190. The van der Waals surface area contributed by atoms with Gasteiger partial charge in [0, 0.05) is 17.3 Å². The number of amides is 3. The number of hydrogen-bond donors (Lipinski definition) is 1. The van der Waals surface area contributed by atoms with Crippen LogP contribution in [-0.4, -0.2) is 17.7 Å². The van der Waals surface area contributed by atoms with Gasteiger partial charge in [0.05, 0.1) is 17.5 Å². The number of carbonyl (C=O) groups is 3. The Morgan fingerprint density at radius 3 is 1.96 bits per heavy atom. The lowest BCUT2D eigenvalue weighted by Crippen LogP contribution is -2.30. The van der Waals surface area contributed by atoms with Crippen molar-refractivity contribution < 1.29 is 23.2 Å². The first kappa shape index (κ1) is 18.0. The van der Waals surface area contributed by atoms with Crippen molar-refractivity contribution in [3.8, 4) is 0 Å². The van der Waals surface area contributed by atoms with Crippen LogP contribution in [0.1, 0.15) is 23.2 Å². The molecule has 1 saturated heterocycles. The van der Waals surface area contributed by atoms with Gasteiger partial charge >= 0.3 is 0 Å². The minimum Gasteiger partial charge on any atom is -0.322 e. The molecule has 2 aromatic carbocycles. The number of imide groups is 1. The molecule has 142 valence electrons. The lowest BCUT2D eigenvalue weighted by Gasteiger charge is -2.15. The lowest BCUT2D eigenvalue weighted by atomic mass is 9.85. The maximum atomic E-state index is 13.2. The highest BCUT2D eigenvalue weighted by Crippen LogP contribution is 2.37. The van der Waals surface area contributed by atoms with Gasteiger partial charge in [-0.15, -0.1) is 0 Å². The smallest absolute Gasteiger partial charge is 0.255 e. The van der Waals surface area contributed by atoms with E-state index in [9.17, 15) is 23.2 Å². The number of carbonyl (C=O) groups excluding carboxylic acids is 3. The van der Waals surface area contributed by atoms with Crippen LogP contribution in [0.3, 0.4) is 0 Å². The molecule has 2 unspecified atom stereocenters. The van der Waals surface area contributed by atoms with Gasteiger partial charge in [-0.2, -0.15) is 0 Å². The summed E-state index contributed by atoms with van der Waals surface area (Å²) in [5.41, 5.74) is 0.623. The number of nitrogens with one attached hydrogen (secondary N) is 1. The molecule has 1 heterocycles. The number of hydrogen-bond acceptors (Lipinski definition) is 3. The molecule has 7 heteroatoms. The quantitative estimate of drug-likeness (QED) is 0.651. The number of allylic oxidation sites excluding steroid dienone is 2. The summed E-state index contributed by atoms with van der Waals surface area (Å²) < 4.78 is 26.5. The first-order valence-electron chi connectivity index (χ1n) is 8.84. The summed E-state index contributed by atoms with van der Waals surface area (Å²) in [5, 5.41) is 2.41. The Morgan fingerprint density at radius 2 is 1.43 bits per heavy atom. The zero-order valence-electron chi connectivity index (χ0n) is 14.7. The third-order valence-corrected chi connectivity index (χ3v) is 5.02. The average molecular weight is 382 g/mol. The van der Waals surface area contributed by atoms with Crippen LogP contribution in [0, 0.1) is 23.5 Å². The van der Waals surface area contributed by atoms with Crippen LogP contribution < -0.4 is 10.2 Å². The van der Waals surface area contributed by atoms with Crippen molar-refractivity contribution in [1.82, 2.24) is 0 Å². The van der Waals surface area contributed by atoms with E-state index in [1.165, 1.54) is 29.2 Å². The third-order valence-electron chi connectivity index (χ3n) is 5.02. The molecule has 2 aromatic rings. The zero-order valence-corrected chi connectivity index (χ0v) is 14.7. The Morgan fingerprint density at radius 1 is 0.893 bits per heavy atom. The van der Waals surface area contributed by atoms with E-state index in [0.29, 0.717) is 24.6 Å². The second-order valence-corrected chi connectivity index (χ2v) is 6.83. The van der Waals surface area contributed by atoms with Gasteiger partial charge in [0.15, 0.2) is 0 Å². The summed E-state index contributed by atoms with van der Waals surface area (Å²) in [7, 11) is 0. The van der Waals surface area contributed by atoms with Crippen LogP contribution >= 0.6 is 0 Å². The lowest BCUT2D eigenvalue weighted by molar-refractivity contribution is -0.122. The first-order chi connectivity index (χ1) is 13.4. The molecule has 0 radical (unpaired) electrons. The van der Waals surface area contributed by atoms with Crippen molar-refractivity contribution in [3.63, 3.8) is 0 Å². The van der Waals surface area contributed by atoms with Gasteiger partial charge in [-0.05, 0) is 49.2 Å². The predicted octanol–water partition coefficient (Wildman–Crippen LogP) is 3.67. The van der Waals surface area contributed by atoms with Crippen molar-refractivity contribution in [2.45, 2.75) is 12.8 Å². The molecular formula is C21H16F2N2O3. The monoisotopic (exact) mass is 382 g/mol. The molecule has 3 amide bonds. The molecule has 1 aliphatic heterocycles. The van der Waals surface area contributed by atoms with E-state index >= 15 is 0 Å². The molecule has 1 N–H and O–H groups in total. The Kier molecular flexibility index (Phi) is 4.50. The molecule has 0 aromatic heterocycles. The predicted molar refractivity (Wildman–Crippen MR) is 98.6 cm³/mol. The van der Waals surface area contributed by atoms with E-state index in [2.05, 4.69) is 5.32 Å². The van der Waals surface area contributed by atoms with Gasteiger partial charge in [0.1, 0.15) is 11.6 Å². The molecule has 2 atom stereocenters. The van der Waals surface area contributed by atoms with E-state index < -0.39 is 17.5 Å². The average Bonchev–Trinajstić information content (AvgIpc) is 2.92. The van der Waals surface area contributed by atoms with Gasteiger partial charge < -0.3 is 5.32 Å². The molecule has 5 nitrogen and oxygen atoms in total. The number of benzene rings is 2. The van der Waals surface area contributed by atoms with E-state index in [0.717, 1.165) is 12.1 Å². The highest BCUT2D eigenvalue weighted by Gasteiger charge is 2.47. The van der Waals surface area contributed by atoms with Crippen molar-refractivity contribution in [3.05, 3.63) is 71.8 Å². The van der Waals surface area contributed by atoms with Gasteiger partial charge in [0.2, 0.25) is 11.8 Å². The number of rotatable bonds is 3. The maximum absolute atomic E-state index is 13.2. The minimum absolute atomic E-state index is 0.00643. The van der Waals surface area contributed by atoms with Crippen LogP contribution in [0.4, 0.5) is 20.2 Å². The van der Waals surface area contributed by atoms with Gasteiger partial charge in [-0.3, -0.25) is 19.3 Å². The Hall–Kier alpha value is -3.35. The first-order valence-corrected chi connectivity index (χ1v) is 8.84. The van der Waals surface area contributed by atoms with Crippen LogP contribution in [0.15, 0.2) is 54.6 Å².